The Bertz CT molecular complexity index is 194. The first-order valence-corrected chi connectivity index (χ1v) is 8.65. The summed E-state index contributed by atoms with van der Waals surface area (Å²) in [6.45, 7) is 3.58. The van der Waals surface area contributed by atoms with Crippen LogP contribution in [0.4, 0.5) is 0 Å². The molecule has 0 amide bonds. The molecule has 0 aromatic carbocycles. The largest absolute Gasteiger partial charge is 0.313 e. The van der Waals surface area contributed by atoms with E-state index >= 15 is 0 Å². The lowest BCUT2D eigenvalue weighted by molar-refractivity contribution is 0.409. The van der Waals surface area contributed by atoms with E-state index in [0.29, 0.717) is 0 Å². The van der Waals surface area contributed by atoms with Gasteiger partial charge in [-0.1, -0.05) is 51.9 Å². The van der Waals surface area contributed by atoms with Gasteiger partial charge in [0.05, 0.1) is 0 Å². The van der Waals surface area contributed by atoms with Crippen LogP contribution < -0.4 is 5.32 Å². The van der Waals surface area contributed by atoms with E-state index in [1.54, 1.807) is 0 Å². The highest BCUT2D eigenvalue weighted by Crippen LogP contribution is 2.44. The van der Waals surface area contributed by atoms with Crippen LogP contribution in [0.25, 0.3) is 0 Å². The summed E-state index contributed by atoms with van der Waals surface area (Å²) in [5.74, 6) is 2.12. The first-order chi connectivity index (χ1) is 8.92. The fourth-order valence-corrected chi connectivity index (χ4v) is 3.16. The molecule has 0 saturated heterocycles. The second kappa shape index (κ2) is 8.19. The van der Waals surface area contributed by atoms with Crippen molar-refractivity contribution in [3.63, 3.8) is 0 Å². The van der Waals surface area contributed by atoms with Crippen LogP contribution in [0.5, 0.6) is 0 Å². The zero-order valence-corrected chi connectivity index (χ0v) is 12.4. The van der Waals surface area contributed by atoms with Crippen molar-refractivity contribution in [1.82, 2.24) is 5.32 Å². The van der Waals surface area contributed by atoms with Gasteiger partial charge in [-0.25, -0.2) is 0 Å². The molecule has 0 spiro atoms. The number of unbranched alkanes of at least 4 members (excludes halogenated alkanes) is 7. The molecule has 2 rings (SSSR count). The maximum absolute atomic E-state index is 3.85. The molecule has 1 nitrogen and oxygen atoms in total. The molecule has 0 aromatic heterocycles. The van der Waals surface area contributed by atoms with Crippen molar-refractivity contribution < 1.29 is 0 Å². The van der Waals surface area contributed by atoms with Gasteiger partial charge in [-0.3, -0.25) is 0 Å². The van der Waals surface area contributed by atoms with Gasteiger partial charge in [0.2, 0.25) is 0 Å². The summed E-state index contributed by atoms with van der Waals surface area (Å²) in [6, 6.07) is 0.912. The van der Waals surface area contributed by atoms with Gasteiger partial charge in [0.15, 0.2) is 0 Å². The Balaban J connectivity index is 1.37. The highest BCUT2D eigenvalue weighted by molar-refractivity contribution is 4.96. The van der Waals surface area contributed by atoms with Crippen LogP contribution in [0.15, 0.2) is 0 Å². The quantitative estimate of drug-likeness (QED) is 0.486. The fraction of sp³-hybridized carbons (Fsp3) is 1.00. The van der Waals surface area contributed by atoms with Crippen molar-refractivity contribution >= 4 is 0 Å². The van der Waals surface area contributed by atoms with E-state index in [-0.39, 0.29) is 0 Å². The second-order valence-corrected chi connectivity index (χ2v) is 6.63. The van der Waals surface area contributed by atoms with Gasteiger partial charge < -0.3 is 5.32 Å². The average Bonchev–Trinajstić information content (AvgIpc) is 3.25. The van der Waals surface area contributed by atoms with E-state index in [2.05, 4.69) is 12.2 Å². The summed E-state index contributed by atoms with van der Waals surface area (Å²) >= 11 is 0. The van der Waals surface area contributed by atoms with E-state index in [9.17, 15) is 0 Å². The summed E-state index contributed by atoms with van der Waals surface area (Å²) in [5, 5.41) is 3.85. The maximum Gasteiger partial charge on any atom is 0.0124 e. The van der Waals surface area contributed by atoms with Crippen molar-refractivity contribution in [3.05, 3.63) is 0 Å². The van der Waals surface area contributed by atoms with Gasteiger partial charge in [0.25, 0.3) is 0 Å². The minimum absolute atomic E-state index is 0.912. The SMILES string of the molecule is CCCCCCCCCCNC(C1CC1)C1CC1. The molecule has 0 aliphatic heterocycles. The van der Waals surface area contributed by atoms with Crippen molar-refractivity contribution in [1.29, 1.82) is 0 Å². The molecule has 0 atom stereocenters. The Morgan fingerprint density at radius 1 is 0.778 bits per heavy atom. The predicted octanol–water partition coefficient (Wildman–Crippen LogP) is 4.91. The van der Waals surface area contributed by atoms with Crippen LogP contribution in [0, 0.1) is 11.8 Å². The lowest BCUT2D eigenvalue weighted by Gasteiger charge is -2.17. The third-order valence-corrected chi connectivity index (χ3v) is 4.67. The summed E-state index contributed by atoms with van der Waals surface area (Å²) in [4.78, 5) is 0. The Labute approximate surface area is 114 Å². The molecule has 18 heavy (non-hydrogen) atoms. The van der Waals surface area contributed by atoms with Gasteiger partial charge in [-0.2, -0.15) is 0 Å². The smallest absolute Gasteiger partial charge is 0.0124 e. The molecular weight excluding hydrogens is 218 g/mol. The number of hydrogen-bond acceptors (Lipinski definition) is 1. The lowest BCUT2D eigenvalue weighted by atomic mass is 10.1. The van der Waals surface area contributed by atoms with E-state index in [1.807, 2.05) is 0 Å². The number of nitrogens with one attached hydrogen (secondary N) is 1. The van der Waals surface area contributed by atoms with E-state index in [1.165, 1.54) is 83.6 Å². The van der Waals surface area contributed by atoms with Gasteiger partial charge in [-0.05, 0) is 50.5 Å². The van der Waals surface area contributed by atoms with Crippen LogP contribution in [0.2, 0.25) is 0 Å². The molecule has 0 radical (unpaired) electrons. The van der Waals surface area contributed by atoms with Gasteiger partial charge in [0, 0.05) is 6.04 Å². The third kappa shape index (κ3) is 5.73. The van der Waals surface area contributed by atoms with Gasteiger partial charge >= 0.3 is 0 Å². The number of hydrogen-bond donors (Lipinski definition) is 1. The van der Waals surface area contributed by atoms with Crippen LogP contribution in [-0.4, -0.2) is 12.6 Å². The Morgan fingerprint density at radius 3 is 1.78 bits per heavy atom. The van der Waals surface area contributed by atoms with Crippen LogP contribution in [-0.2, 0) is 0 Å². The Kier molecular flexibility index (Phi) is 6.54. The highest BCUT2D eigenvalue weighted by Gasteiger charge is 2.40. The van der Waals surface area contributed by atoms with Crippen molar-refractivity contribution in [2.75, 3.05) is 6.54 Å². The summed E-state index contributed by atoms with van der Waals surface area (Å²) < 4.78 is 0. The van der Waals surface area contributed by atoms with Crippen molar-refractivity contribution in [3.8, 4) is 0 Å². The van der Waals surface area contributed by atoms with Crippen molar-refractivity contribution in [2.45, 2.75) is 90.0 Å². The third-order valence-electron chi connectivity index (χ3n) is 4.67. The molecule has 1 N–H and O–H groups in total. The minimum Gasteiger partial charge on any atom is -0.313 e. The second-order valence-electron chi connectivity index (χ2n) is 6.63. The average molecular weight is 251 g/mol. The Hall–Kier alpha value is -0.0400. The standard InChI is InChI=1S/C17H33N/c1-2-3-4-5-6-7-8-9-14-18-17(15-10-11-15)16-12-13-16/h15-18H,2-14H2,1H3. The predicted molar refractivity (Wildman–Crippen MR) is 79.8 cm³/mol. The molecule has 2 aliphatic carbocycles. The molecule has 2 saturated carbocycles. The molecular formula is C17H33N. The first kappa shape index (κ1) is 14.4. The molecule has 2 fully saturated rings. The zero-order valence-electron chi connectivity index (χ0n) is 12.4. The van der Waals surface area contributed by atoms with Crippen molar-refractivity contribution in [2.24, 2.45) is 11.8 Å². The first-order valence-electron chi connectivity index (χ1n) is 8.65. The topological polar surface area (TPSA) is 12.0 Å². The summed E-state index contributed by atoms with van der Waals surface area (Å²) in [7, 11) is 0. The monoisotopic (exact) mass is 251 g/mol. The molecule has 0 bridgehead atoms. The molecule has 2 aliphatic rings. The van der Waals surface area contributed by atoms with E-state index in [4.69, 9.17) is 0 Å². The Morgan fingerprint density at radius 2 is 1.28 bits per heavy atom. The van der Waals surface area contributed by atoms with Crippen LogP contribution >= 0.6 is 0 Å². The highest BCUT2D eigenvalue weighted by atomic mass is 14.9. The summed E-state index contributed by atoms with van der Waals surface area (Å²) in [6.07, 6.45) is 17.5. The van der Waals surface area contributed by atoms with E-state index < -0.39 is 0 Å². The molecule has 0 aromatic rings. The van der Waals surface area contributed by atoms with Crippen LogP contribution in [0.1, 0.15) is 84.0 Å². The lowest BCUT2D eigenvalue weighted by Crippen LogP contribution is -2.33. The molecule has 106 valence electrons. The summed E-state index contributed by atoms with van der Waals surface area (Å²) in [5.41, 5.74) is 0. The maximum atomic E-state index is 3.85. The molecule has 0 heterocycles. The van der Waals surface area contributed by atoms with E-state index in [0.717, 1.165) is 17.9 Å². The normalized spacial score (nSPS) is 19.7. The van der Waals surface area contributed by atoms with Gasteiger partial charge in [0.1, 0.15) is 0 Å². The molecule has 0 unspecified atom stereocenters. The van der Waals surface area contributed by atoms with Crippen LogP contribution in [0.3, 0.4) is 0 Å². The number of rotatable bonds is 12. The fourth-order valence-electron chi connectivity index (χ4n) is 3.16. The van der Waals surface area contributed by atoms with Gasteiger partial charge in [-0.15, -0.1) is 0 Å². The minimum atomic E-state index is 0.912. The zero-order chi connectivity index (χ0) is 12.6. The molecule has 1 heteroatoms.